The molecule has 1 heterocycles. The standard InChI is InChI=1S/C12H18N2/c1-3-13-8-10-6-11(10)12-5-4-9(2)7-14-12/h4-5,7,10-11,13H,3,6,8H2,1-2H3. The van der Waals surface area contributed by atoms with Gasteiger partial charge in [0.15, 0.2) is 0 Å². The van der Waals surface area contributed by atoms with E-state index in [-0.39, 0.29) is 0 Å². The quantitative estimate of drug-likeness (QED) is 0.786. The van der Waals surface area contributed by atoms with Crippen molar-refractivity contribution in [2.75, 3.05) is 13.1 Å². The van der Waals surface area contributed by atoms with E-state index < -0.39 is 0 Å². The Morgan fingerprint density at radius 1 is 1.50 bits per heavy atom. The molecule has 1 N–H and O–H groups in total. The molecular weight excluding hydrogens is 172 g/mol. The fourth-order valence-electron chi connectivity index (χ4n) is 1.86. The van der Waals surface area contributed by atoms with Crippen molar-refractivity contribution in [1.29, 1.82) is 0 Å². The van der Waals surface area contributed by atoms with Crippen molar-refractivity contribution < 1.29 is 0 Å². The topological polar surface area (TPSA) is 24.9 Å². The smallest absolute Gasteiger partial charge is 0.0438 e. The van der Waals surface area contributed by atoms with Crippen LogP contribution in [0.25, 0.3) is 0 Å². The second-order valence-electron chi connectivity index (χ2n) is 4.17. The second-order valence-corrected chi connectivity index (χ2v) is 4.17. The molecule has 0 radical (unpaired) electrons. The summed E-state index contributed by atoms with van der Waals surface area (Å²) in [6.45, 7) is 6.46. The van der Waals surface area contributed by atoms with Crippen LogP contribution in [0.3, 0.4) is 0 Å². The van der Waals surface area contributed by atoms with Crippen molar-refractivity contribution in [3.63, 3.8) is 0 Å². The molecule has 2 unspecified atom stereocenters. The molecule has 1 aromatic rings. The summed E-state index contributed by atoms with van der Waals surface area (Å²) in [7, 11) is 0. The van der Waals surface area contributed by atoms with E-state index in [0.717, 1.165) is 24.9 Å². The zero-order chi connectivity index (χ0) is 9.97. The van der Waals surface area contributed by atoms with Gasteiger partial charge in [-0.1, -0.05) is 13.0 Å². The van der Waals surface area contributed by atoms with Crippen molar-refractivity contribution in [2.24, 2.45) is 5.92 Å². The van der Waals surface area contributed by atoms with Crippen LogP contribution in [0.15, 0.2) is 18.3 Å². The Morgan fingerprint density at radius 3 is 3.00 bits per heavy atom. The van der Waals surface area contributed by atoms with Gasteiger partial charge >= 0.3 is 0 Å². The minimum Gasteiger partial charge on any atom is -0.317 e. The predicted octanol–water partition coefficient (Wildman–Crippen LogP) is 2.10. The van der Waals surface area contributed by atoms with Gasteiger partial charge in [0.2, 0.25) is 0 Å². The molecule has 2 heteroatoms. The van der Waals surface area contributed by atoms with Crippen LogP contribution >= 0.6 is 0 Å². The van der Waals surface area contributed by atoms with Crippen LogP contribution in [0.5, 0.6) is 0 Å². The van der Waals surface area contributed by atoms with E-state index >= 15 is 0 Å². The Balaban J connectivity index is 1.89. The van der Waals surface area contributed by atoms with Crippen LogP contribution in [0.4, 0.5) is 0 Å². The van der Waals surface area contributed by atoms with E-state index in [1.54, 1.807) is 0 Å². The van der Waals surface area contributed by atoms with Gasteiger partial charge in [0.05, 0.1) is 0 Å². The molecule has 2 nitrogen and oxygen atoms in total. The van der Waals surface area contributed by atoms with Gasteiger partial charge in [0, 0.05) is 17.8 Å². The van der Waals surface area contributed by atoms with Gasteiger partial charge in [-0.25, -0.2) is 0 Å². The molecular formula is C12H18N2. The molecule has 0 spiro atoms. The Kier molecular flexibility index (Phi) is 2.82. The maximum atomic E-state index is 4.47. The highest BCUT2D eigenvalue weighted by Crippen LogP contribution is 2.45. The minimum absolute atomic E-state index is 0.717. The molecule has 0 amide bonds. The molecule has 1 aliphatic rings. The van der Waals surface area contributed by atoms with Crippen LogP contribution in [0.2, 0.25) is 0 Å². The SMILES string of the molecule is CCNCC1CC1c1ccc(C)cn1. The first-order valence-corrected chi connectivity index (χ1v) is 5.44. The second kappa shape index (κ2) is 4.09. The van der Waals surface area contributed by atoms with E-state index in [2.05, 4.69) is 36.3 Å². The fraction of sp³-hybridized carbons (Fsp3) is 0.583. The third-order valence-corrected chi connectivity index (χ3v) is 2.89. The average molecular weight is 190 g/mol. The number of nitrogens with one attached hydrogen (secondary N) is 1. The lowest BCUT2D eigenvalue weighted by Gasteiger charge is -2.01. The summed E-state index contributed by atoms with van der Waals surface area (Å²) < 4.78 is 0. The van der Waals surface area contributed by atoms with Crippen LogP contribution in [-0.4, -0.2) is 18.1 Å². The van der Waals surface area contributed by atoms with Crippen LogP contribution in [-0.2, 0) is 0 Å². The van der Waals surface area contributed by atoms with E-state index in [4.69, 9.17) is 0 Å². The van der Waals surface area contributed by atoms with Gasteiger partial charge in [-0.05, 0) is 44.0 Å². The lowest BCUT2D eigenvalue weighted by molar-refractivity contribution is 0.646. The van der Waals surface area contributed by atoms with Gasteiger partial charge in [-0.15, -0.1) is 0 Å². The van der Waals surface area contributed by atoms with Crippen molar-refractivity contribution in [2.45, 2.75) is 26.2 Å². The zero-order valence-corrected chi connectivity index (χ0v) is 8.96. The Morgan fingerprint density at radius 2 is 2.36 bits per heavy atom. The van der Waals surface area contributed by atoms with Crippen molar-refractivity contribution in [3.8, 4) is 0 Å². The van der Waals surface area contributed by atoms with Crippen LogP contribution in [0.1, 0.15) is 30.5 Å². The summed E-state index contributed by atoms with van der Waals surface area (Å²) in [5.74, 6) is 1.54. The summed E-state index contributed by atoms with van der Waals surface area (Å²) in [4.78, 5) is 4.47. The van der Waals surface area contributed by atoms with Gasteiger partial charge < -0.3 is 5.32 Å². The monoisotopic (exact) mass is 190 g/mol. The minimum atomic E-state index is 0.717. The van der Waals surface area contributed by atoms with E-state index in [9.17, 15) is 0 Å². The Hall–Kier alpha value is -0.890. The molecule has 1 fully saturated rings. The number of rotatable bonds is 4. The maximum absolute atomic E-state index is 4.47. The van der Waals surface area contributed by atoms with Gasteiger partial charge in [-0.3, -0.25) is 4.98 Å². The summed E-state index contributed by atoms with van der Waals surface area (Å²) >= 11 is 0. The maximum Gasteiger partial charge on any atom is 0.0438 e. The number of pyridine rings is 1. The molecule has 0 aliphatic heterocycles. The highest BCUT2D eigenvalue weighted by Gasteiger charge is 2.38. The van der Waals surface area contributed by atoms with E-state index in [0.29, 0.717) is 0 Å². The summed E-state index contributed by atoms with van der Waals surface area (Å²) in [5.41, 5.74) is 2.52. The van der Waals surface area contributed by atoms with Gasteiger partial charge in [0.25, 0.3) is 0 Å². The average Bonchev–Trinajstić information content (AvgIpc) is 2.95. The number of hydrogen-bond acceptors (Lipinski definition) is 2. The molecule has 0 bridgehead atoms. The summed E-state index contributed by atoms with van der Waals surface area (Å²) in [6.07, 6.45) is 3.28. The third kappa shape index (κ3) is 2.13. The van der Waals surface area contributed by atoms with Crippen LogP contribution in [0, 0.1) is 12.8 Å². The molecule has 2 atom stereocenters. The van der Waals surface area contributed by atoms with E-state index in [1.807, 2.05) is 6.20 Å². The normalized spacial score (nSPS) is 25.0. The molecule has 2 rings (SSSR count). The zero-order valence-electron chi connectivity index (χ0n) is 8.96. The number of aromatic nitrogens is 1. The van der Waals surface area contributed by atoms with Crippen molar-refractivity contribution in [3.05, 3.63) is 29.6 Å². The first-order chi connectivity index (χ1) is 6.81. The molecule has 1 saturated carbocycles. The first-order valence-electron chi connectivity index (χ1n) is 5.44. The van der Waals surface area contributed by atoms with Crippen molar-refractivity contribution in [1.82, 2.24) is 10.3 Å². The summed E-state index contributed by atoms with van der Waals surface area (Å²) in [5, 5.41) is 3.39. The third-order valence-electron chi connectivity index (χ3n) is 2.89. The largest absolute Gasteiger partial charge is 0.317 e. The summed E-state index contributed by atoms with van der Waals surface area (Å²) in [6, 6.07) is 4.33. The molecule has 1 aliphatic carbocycles. The van der Waals surface area contributed by atoms with Gasteiger partial charge in [-0.2, -0.15) is 0 Å². The predicted molar refractivity (Wildman–Crippen MR) is 58.4 cm³/mol. The van der Waals surface area contributed by atoms with E-state index in [1.165, 1.54) is 17.7 Å². The Labute approximate surface area is 85.7 Å². The molecule has 1 aromatic heterocycles. The number of nitrogens with zero attached hydrogens (tertiary/aromatic N) is 1. The first kappa shape index (κ1) is 9.66. The molecule has 0 saturated heterocycles. The molecule has 14 heavy (non-hydrogen) atoms. The Bertz CT molecular complexity index is 292. The lowest BCUT2D eigenvalue weighted by atomic mass is 10.2. The van der Waals surface area contributed by atoms with Crippen molar-refractivity contribution >= 4 is 0 Å². The van der Waals surface area contributed by atoms with Crippen LogP contribution < -0.4 is 5.32 Å². The highest BCUT2D eigenvalue weighted by atomic mass is 14.9. The number of hydrogen-bond donors (Lipinski definition) is 1. The molecule has 76 valence electrons. The fourth-order valence-corrected chi connectivity index (χ4v) is 1.86. The lowest BCUT2D eigenvalue weighted by Crippen LogP contribution is -2.16. The van der Waals surface area contributed by atoms with Gasteiger partial charge in [0.1, 0.15) is 0 Å². The highest BCUT2D eigenvalue weighted by molar-refractivity contribution is 5.21. The number of aryl methyl sites for hydroxylation is 1. The molecule has 0 aromatic carbocycles.